The number of rotatable bonds is 5. The molecule has 3 heterocycles. The van der Waals surface area contributed by atoms with Gasteiger partial charge in [0.05, 0.1) is 24.7 Å². The fourth-order valence-corrected chi connectivity index (χ4v) is 3.31. The summed E-state index contributed by atoms with van der Waals surface area (Å²) in [5.41, 5.74) is 0.826. The lowest BCUT2D eigenvalue weighted by atomic mass is 9.82. The Bertz CT molecular complexity index is 879. The molecule has 0 radical (unpaired) electrons. The molecule has 4 rings (SSSR count). The second-order valence-electron chi connectivity index (χ2n) is 6.22. The molecular weight excluding hydrogens is 343 g/mol. The number of anilines is 1. The van der Waals surface area contributed by atoms with Crippen molar-refractivity contribution in [3.8, 4) is 0 Å². The number of hydrogen-bond acceptors (Lipinski definition) is 5. The minimum Gasteiger partial charge on any atom is -0.481 e. The van der Waals surface area contributed by atoms with Gasteiger partial charge < -0.3 is 9.84 Å². The molecule has 1 saturated heterocycles. The van der Waals surface area contributed by atoms with Crippen LogP contribution in [0.3, 0.4) is 0 Å². The van der Waals surface area contributed by atoms with E-state index in [-0.39, 0.29) is 11.8 Å². The number of carboxylic acid groups (broad SMARTS) is 1. The van der Waals surface area contributed by atoms with Crippen LogP contribution in [-0.4, -0.2) is 44.0 Å². The minimum atomic E-state index is -1.07. The van der Waals surface area contributed by atoms with E-state index in [9.17, 15) is 19.1 Å². The van der Waals surface area contributed by atoms with E-state index in [0.29, 0.717) is 6.54 Å². The Hall–Kier alpha value is -3.07. The number of carbonyl (C=O) groups is 2. The van der Waals surface area contributed by atoms with Gasteiger partial charge in [0.25, 0.3) is 0 Å². The highest BCUT2D eigenvalue weighted by Gasteiger charge is 2.53. The first-order valence-electron chi connectivity index (χ1n) is 8.02. The SMILES string of the molecule is O=C(O)[C@@H]1[C@H](C(=O)Nc2ncn(Cc3ccc(F)cc3)n2)[C@@H]2C=C[C@@H]1O2. The summed E-state index contributed by atoms with van der Waals surface area (Å²) in [6.45, 7) is 0.362. The van der Waals surface area contributed by atoms with Crippen LogP contribution in [0.25, 0.3) is 0 Å². The summed E-state index contributed by atoms with van der Waals surface area (Å²) in [4.78, 5) is 28.0. The predicted molar refractivity (Wildman–Crippen MR) is 86.6 cm³/mol. The first-order chi connectivity index (χ1) is 12.5. The highest BCUT2D eigenvalue weighted by Crippen LogP contribution is 2.39. The molecule has 2 N–H and O–H groups in total. The average Bonchev–Trinajstić information content (AvgIpc) is 3.32. The van der Waals surface area contributed by atoms with Crippen LogP contribution in [0, 0.1) is 17.7 Å². The quantitative estimate of drug-likeness (QED) is 0.774. The fraction of sp³-hybridized carbons (Fsp3) is 0.294. The third kappa shape index (κ3) is 2.97. The number of ether oxygens (including phenoxy) is 1. The van der Waals surface area contributed by atoms with E-state index >= 15 is 0 Å². The standard InChI is InChI=1S/C17H15FN4O4/c18-10-3-1-9(2-4-10)7-22-8-19-17(21-22)20-15(23)13-11-5-6-12(26-11)14(13)16(24)25/h1-6,8,11-14H,7H2,(H,24,25)(H,20,21,23)/t11-,12-,13+,14-/m0/s1. The Morgan fingerprint density at radius 1 is 1.19 bits per heavy atom. The molecule has 2 aliphatic heterocycles. The molecule has 2 aliphatic rings. The highest BCUT2D eigenvalue weighted by atomic mass is 19.1. The van der Waals surface area contributed by atoms with Crippen molar-refractivity contribution in [3.63, 3.8) is 0 Å². The van der Waals surface area contributed by atoms with E-state index in [0.717, 1.165) is 5.56 Å². The van der Waals surface area contributed by atoms with Crippen LogP contribution < -0.4 is 5.32 Å². The first-order valence-corrected chi connectivity index (χ1v) is 8.02. The van der Waals surface area contributed by atoms with Crippen LogP contribution in [0.2, 0.25) is 0 Å². The highest BCUT2D eigenvalue weighted by molar-refractivity contribution is 5.95. The molecule has 1 amide bonds. The summed E-state index contributed by atoms with van der Waals surface area (Å²) < 4.78 is 19.9. The van der Waals surface area contributed by atoms with Crippen molar-refractivity contribution in [1.82, 2.24) is 14.8 Å². The van der Waals surface area contributed by atoms with Crippen molar-refractivity contribution in [1.29, 1.82) is 0 Å². The largest absolute Gasteiger partial charge is 0.481 e. The van der Waals surface area contributed by atoms with Gasteiger partial charge in [0, 0.05) is 0 Å². The molecule has 1 aromatic carbocycles. The summed E-state index contributed by atoms with van der Waals surface area (Å²) in [5.74, 6) is -3.56. The van der Waals surface area contributed by atoms with Crippen molar-refractivity contribution >= 4 is 17.8 Å². The summed E-state index contributed by atoms with van der Waals surface area (Å²) >= 11 is 0. The van der Waals surface area contributed by atoms with Crippen LogP contribution in [-0.2, 0) is 20.9 Å². The zero-order valence-electron chi connectivity index (χ0n) is 13.4. The maximum absolute atomic E-state index is 12.9. The van der Waals surface area contributed by atoms with Gasteiger partial charge in [-0.05, 0) is 17.7 Å². The Balaban J connectivity index is 1.44. The molecule has 4 atom stereocenters. The number of hydrogen-bond donors (Lipinski definition) is 2. The molecule has 2 bridgehead atoms. The molecule has 9 heteroatoms. The molecule has 0 saturated carbocycles. The summed E-state index contributed by atoms with van der Waals surface area (Å²) in [7, 11) is 0. The van der Waals surface area contributed by atoms with Crippen LogP contribution in [0.5, 0.6) is 0 Å². The van der Waals surface area contributed by atoms with Gasteiger partial charge in [-0.15, -0.1) is 5.10 Å². The molecule has 1 fully saturated rings. The number of aliphatic carboxylic acids is 1. The number of amides is 1. The van der Waals surface area contributed by atoms with Crippen molar-refractivity contribution < 1.29 is 23.8 Å². The van der Waals surface area contributed by atoms with Crippen molar-refractivity contribution in [3.05, 3.63) is 54.1 Å². The second-order valence-corrected chi connectivity index (χ2v) is 6.22. The predicted octanol–water partition coefficient (Wildman–Crippen LogP) is 1.06. The van der Waals surface area contributed by atoms with E-state index in [2.05, 4.69) is 15.4 Å². The molecule has 0 spiro atoms. The van der Waals surface area contributed by atoms with Gasteiger partial charge in [-0.25, -0.2) is 14.1 Å². The van der Waals surface area contributed by atoms with Crippen molar-refractivity contribution in [2.45, 2.75) is 18.8 Å². The smallest absolute Gasteiger partial charge is 0.310 e. The van der Waals surface area contributed by atoms with Crippen molar-refractivity contribution in [2.24, 2.45) is 11.8 Å². The van der Waals surface area contributed by atoms with E-state index in [1.807, 2.05) is 0 Å². The number of nitrogens with one attached hydrogen (secondary N) is 1. The van der Waals surface area contributed by atoms with Gasteiger partial charge in [-0.2, -0.15) is 0 Å². The summed E-state index contributed by atoms with van der Waals surface area (Å²) in [5, 5.41) is 16.0. The number of fused-ring (bicyclic) bond motifs is 2. The van der Waals surface area contributed by atoms with Gasteiger partial charge in [0.2, 0.25) is 11.9 Å². The lowest BCUT2D eigenvalue weighted by Crippen LogP contribution is -2.39. The molecule has 8 nitrogen and oxygen atoms in total. The van der Waals surface area contributed by atoms with E-state index in [1.165, 1.54) is 23.1 Å². The minimum absolute atomic E-state index is 0.0769. The maximum Gasteiger partial charge on any atom is 0.310 e. The summed E-state index contributed by atoms with van der Waals surface area (Å²) in [6, 6.07) is 5.96. The summed E-state index contributed by atoms with van der Waals surface area (Å²) in [6.07, 6.45) is 3.67. The first kappa shape index (κ1) is 16.4. The number of carboxylic acids is 1. The lowest BCUT2D eigenvalue weighted by Gasteiger charge is -2.19. The van der Waals surface area contributed by atoms with Crippen LogP contribution in [0.1, 0.15) is 5.56 Å². The van der Waals surface area contributed by atoms with E-state index in [4.69, 9.17) is 4.74 Å². The average molecular weight is 358 g/mol. The monoisotopic (exact) mass is 358 g/mol. The van der Waals surface area contributed by atoms with Crippen molar-refractivity contribution in [2.75, 3.05) is 5.32 Å². The molecule has 1 aromatic heterocycles. The Kier molecular flexibility index (Phi) is 4.00. The molecular formula is C17H15FN4O4. The van der Waals surface area contributed by atoms with Crippen LogP contribution >= 0.6 is 0 Å². The Morgan fingerprint density at radius 3 is 2.58 bits per heavy atom. The number of carbonyl (C=O) groups excluding carboxylic acids is 1. The van der Waals surface area contributed by atoms with Crippen LogP contribution in [0.15, 0.2) is 42.7 Å². The lowest BCUT2D eigenvalue weighted by molar-refractivity contribution is -0.145. The normalized spacial score (nSPS) is 26.2. The topological polar surface area (TPSA) is 106 Å². The molecule has 26 heavy (non-hydrogen) atoms. The number of aromatic nitrogens is 3. The number of nitrogens with zero attached hydrogens (tertiary/aromatic N) is 3. The zero-order valence-corrected chi connectivity index (χ0v) is 13.4. The molecule has 2 aromatic rings. The third-order valence-corrected chi connectivity index (χ3v) is 4.52. The van der Waals surface area contributed by atoms with Gasteiger partial charge in [-0.1, -0.05) is 24.3 Å². The zero-order chi connectivity index (χ0) is 18.3. The number of halogens is 1. The van der Waals surface area contributed by atoms with E-state index in [1.54, 1.807) is 24.3 Å². The van der Waals surface area contributed by atoms with Crippen LogP contribution in [0.4, 0.5) is 10.3 Å². The Morgan fingerprint density at radius 2 is 1.88 bits per heavy atom. The maximum atomic E-state index is 12.9. The van der Waals surface area contributed by atoms with Gasteiger partial charge in [0.15, 0.2) is 0 Å². The second kappa shape index (κ2) is 6.34. The molecule has 0 unspecified atom stereocenters. The van der Waals surface area contributed by atoms with Gasteiger partial charge in [-0.3, -0.25) is 14.9 Å². The number of benzene rings is 1. The van der Waals surface area contributed by atoms with Gasteiger partial charge in [0.1, 0.15) is 18.1 Å². The third-order valence-electron chi connectivity index (χ3n) is 4.52. The molecule has 0 aliphatic carbocycles. The fourth-order valence-electron chi connectivity index (χ4n) is 3.31. The van der Waals surface area contributed by atoms with Gasteiger partial charge >= 0.3 is 5.97 Å². The Labute approximate surface area is 147 Å². The molecule has 134 valence electrons. The van der Waals surface area contributed by atoms with E-state index < -0.39 is 35.9 Å².